The molecule has 0 bridgehead atoms. The number of carbonyl (C=O) groups is 2. The van der Waals surface area contributed by atoms with Gasteiger partial charge in [0, 0.05) is 28.2 Å². The highest BCUT2D eigenvalue weighted by Crippen LogP contribution is 2.23. The predicted octanol–water partition coefficient (Wildman–Crippen LogP) is 3.40. The molecule has 6 nitrogen and oxygen atoms in total. The maximum absolute atomic E-state index is 12.6. The minimum absolute atomic E-state index is 0.217. The molecule has 0 aliphatic heterocycles. The molecule has 0 saturated carbocycles. The number of rotatable bonds is 6. The molecule has 4 rings (SSSR count). The van der Waals surface area contributed by atoms with Crippen LogP contribution in [0.1, 0.15) is 16.1 Å². The number of aryl methyl sites for hydroxylation is 1. The summed E-state index contributed by atoms with van der Waals surface area (Å²) < 4.78 is 5.74. The van der Waals surface area contributed by atoms with E-state index < -0.39 is 11.7 Å². The van der Waals surface area contributed by atoms with Crippen LogP contribution in [0.4, 0.5) is 0 Å². The van der Waals surface area contributed by atoms with E-state index in [4.69, 9.17) is 4.74 Å². The van der Waals surface area contributed by atoms with Crippen molar-refractivity contribution >= 4 is 33.5 Å². The van der Waals surface area contributed by atoms with E-state index in [9.17, 15) is 9.59 Å². The van der Waals surface area contributed by atoms with Gasteiger partial charge in [0.05, 0.1) is 12.1 Å². The van der Waals surface area contributed by atoms with E-state index in [1.807, 2.05) is 54.6 Å². The number of nitrogens with one attached hydrogen (secondary N) is 2. The summed E-state index contributed by atoms with van der Waals surface area (Å²) >= 11 is 0. The number of Topliss-reactive ketones (excluding diaryl/α,β-unsaturated/α-hetero) is 1. The Kier molecular flexibility index (Phi) is 4.76. The van der Waals surface area contributed by atoms with Gasteiger partial charge >= 0.3 is 0 Å². The maximum Gasteiger partial charge on any atom is 0.292 e. The van der Waals surface area contributed by atoms with E-state index in [0.29, 0.717) is 17.0 Å². The molecule has 2 N–H and O–H groups in total. The molecule has 0 fully saturated rings. The van der Waals surface area contributed by atoms with Crippen LogP contribution in [0.5, 0.6) is 5.75 Å². The van der Waals surface area contributed by atoms with Crippen molar-refractivity contribution in [3.63, 3.8) is 0 Å². The molecule has 2 aromatic heterocycles. The predicted molar refractivity (Wildman–Crippen MR) is 108 cm³/mol. The van der Waals surface area contributed by atoms with Gasteiger partial charge in [0.2, 0.25) is 0 Å². The molecule has 0 saturated heterocycles. The number of fused-ring (bicyclic) bond motifs is 2. The number of ether oxygens (including phenoxy) is 1. The van der Waals surface area contributed by atoms with Crippen molar-refractivity contribution < 1.29 is 14.3 Å². The van der Waals surface area contributed by atoms with Gasteiger partial charge in [0.15, 0.2) is 0 Å². The largest absolute Gasteiger partial charge is 0.489 e. The third-order valence-corrected chi connectivity index (χ3v) is 4.57. The number of carbonyl (C=O) groups excluding carboxylic acids is 2. The minimum atomic E-state index is -0.646. The van der Waals surface area contributed by atoms with Gasteiger partial charge in [-0.1, -0.05) is 36.4 Å². The molecule has 0 aliphatic carbocycles. The number of hydrogen-bond acceptors (Lipinski definition) is 4. The first kappa shape index (κ1) is 17.7. The van der Waals surface area contributed by atoms with Crippen LogP contribution in [0.3, 0.4) is 0 Å². The zero-order valence-corrected chi connectivity index (χ0v) is 15.4. The van der Waals surface area contributed by atoms with Crippen LogP contribution in [-0.4, -0.2) is 34.8 Å². The van der Waals surface area contributed by atoms with Crippen LogP contribution in [0.25, 0.3) is 21.8 Å². The fourth-order valence-corrected chi connectivity index (χ4v) is 3.28. The number of amides is 1. The molecule has 2 heterocycles. The summed E-state index contributed by atoms with van der Waals surface area (Å²) in [5.41, 5.74) is 2.69. The van der Waals surface area contributed by atoms with E-state index in [1.165, 1.54) is 0 Å². The molecule has 0 unspecified atom stereocenters. The number of hydrogen-bond donors (Lipinski definition) is 2. The highest BCUT2D eigenvalue weighted by molar-refractivity contribution is 6.45. The second-order valence-electron chi connectivity index (χ2n) is 6.44. The monoisotopic (exact) mass is 373 g/mol. The molecule has 4 aromatic rings. The Labute approximate surface area is 161 Å². The van der Waals surface area contributed by atoms with Gasteiger partial charge in [-0.25, -0.2) is 0 Å². The number of ketones is 1. The summed E-state index contributed by atoms with van der Waals surface area (Å²) in [6.07, 6.45) is 1.71. The lowest BCUT2D eigenvalue weighted by Gasteiger charge is -2.09. The van der Waals surface area contributed by atoms with Crippen LogP contribution < -0.4 is 10.1 Å². The Morgan fingerprint density at radius 1 is 1.07 bits per heavy atom. The highest BCUT2D eigenvalue weighted by atomic mass is 16.5. The maximum atomic E-state index is 12.6. The first-order valence-corrected chi connectivity index (χ1v) is 9.01. The number of H-pyrrole nitrogens is 1. The standard InChI is InChI=1S/C22H19N3O3/c1-14-19(16-8-2-3-9-17(16)25-14)21(26)22(27)24-12-13-28-18-10-4-6-15-7-5-11-23-20(15)18/h2-11,25H,12-13H2,1H3,(H,24,27). The Balaban J connectivity index is 1.39. The summed E-state index contributed by atoms with van der Waals surface area (Å²) in [5.74, 6) is -0.555. The van der Waals surface area contributed by atoms with E-state index in [-0.39, 0.29) is 13.2 Å². The molecule has 28 heavy (non-hydrogen) atoms. The molecule has 1 amide bonds. The lowest BCUT2D eigenvalue weighted by Crippen LogP contribution is -2.34. The zero-order valence-electron chi connectivity index (χ0n) is 15.4. The van der Waals surface area contributed by atoms with E-state index in [1.54, 1.807) is 13.1 Å². The van der Waals surface area contributed by atoms with Crippen LogP contribution in [0.2, 0.25) is 0 Å². The lowest BCUT2D eigenvalue weighted by molar-refractivity contribution is -0.117. The Hall–Kier alpha value is -3.67. The Bertz CT molecular complexity index is 1170. The Morgan fingerprint density at radius 3 is 2.79 bits per heavy atom. The number of benzene rings is 2. The van der Waals surface area contributed by atoms with Crippen molar-refractivity contribution in [1.29, 1.82) is 0 Å². The molecule has 0 radical (unpaired) electrons. The van der Waals surface area contributed by atoms with Gasteiger partial charge in [-0.2, -0.15) is 0 Å². The van der Waals surface area contributed by atoms with Crippen molar-refractivity contribution in [3.05, 3.63) is 72.1 Å². The van der Waals surface area contributed by atoms with Crippen LogP contribution in [0, 0.1) is 6.92 Å². The average Bonchev–Trinajstić information content (AvgIpc) is 3.06. The van der Waals surface area contributed by atoms with Gasteiger partial charge in [0.1, 0.15) is 17.9 Å². The number of para-hydroxylation sites is 2. The highest BCUT2D eigenvalue weighted by Gasteiger charge is 2.22. The van der Waals surface area contributed by atoms with Crippen molar-refractivity contribution in [2.45, 2.75) is 6.92 Å². The smallest absolute Gasteiger partial charge is 0.292 e. The van der Waals surface area contributed by atoms with Gasteiger partial charge in [-0.3, -0.25) is 14.6 Å². The van der Waals surface area contributed by atoms with Crippen molar-refractivity contribution in [3.8, 4) is 5.75 Å². The summed E-state index contributed by atoms with van der Waals surface area (Å²) in [7, 11) is 0. The molecule has 6 heteroatoms. The van der Waals surface area contributed by atoms with Crippen molar-refractivity contribution in [2.24, 2.45) is 0 Å². The normalized spacial score (nSPS) is 10.9. The fraction of sp³-hybridized carbons (Fsp3) is 0.136. The average molecular weight is 373 g/mol. The third-order valence-electron chi connectivity index (χ3n) is 4.57. The van der Waals surface area contributed by atoms with Gasteiger partial charge < -0.3 is 15.0 Å². The van der Waals surface area contributed by atoms with E-state index in [2.05, 4.69) is 15.3 Å². The quantitative estimate of drug-likeness (QED) is 0.308. The van der Waals surface area contributed by atoms with Crippen molar-refractivity contribution in [2.75, 3.05) is 13.2 Å². The molecule has 0 atom stereocenters. The van der Waals surface area contributed by atoms with Crippen molar-refractivity contribution in [1.82, 2.24) is 15.3 Å². The number of aromatic nitrogens is 2. The van der Waals surface area contributed by atoms with Crippen LogP contribution in [0.15, 0.2) is 60.8 Å². The number of pyridine rings is 1. The molecular weight excluding hydrogens is 354 g/mol. The summed E-state index contributed by atoms with van der Waals surface area (Å²) in [6, 6.07) is 16.9. The van der Waals surface area contributed by atoms with Gasteiger partial charge in [0.25, 0.3) is 11.7 Å². The third kappa shape index (κ3) is 3.32. The first-order chi connectivity index (χ1) is 13.6. The topological polar surface area (TPSA) is 84.1 Å². The SMILES string of the molecule is Cc1[nH]c2ccccc2c1C(=O)C(=O)NCCOc1cccc2cccnc12. The fourth-order valence-electron chi connectivity index (χ4n) is 3.28. The molecule has 140 valence electrons. The Morgan fingerprint density at radius 2 is 1.89 bits per heavy atom. The lowest BCUT2D eigenvalue weighted by atomic mass is 10.1. The summed E-state index contributed by atoms with van der Waals surface area (Å²) in [4.78, 5) is 32.4. The number of nitrogens with zero attached hydrogens (tertiary/aromatic N) is 1. The summed E-state index contributed by atoms with van der Waals surface area (Å²) in [5, 5.41) is 4.36. The van der Waals surface area contributed by atoms with Crippen LogP contribution in [-0.2, 0) is 4.79 Å². The molecular formula is C22H19N3O3. The molecule has 0 spiro atoms. The van der Waals surface area contributed by atoms with Gasteiger partial charge in [-0.15, -0.1) is 0 Å². The van der Waals surface area contributed by atoms with Crippen LogP contribution >= 0.6 is 0 Å². The van der Waals surface area contributed by atoms with E-state index in [0.717, 1.165) is 21.8 Å². The molecule has 0 aliphatic rings. The first-order valence-electron chi connectivity index (χ1n) is 9.01. The minimum Gasteiger partial charge on any atom is -0.489 e. The van der Waals surface area contributed by atoms with Gasteiger partial charge in [-0.05, 0) is 25.1 Å². The van der Waals surface area contributed by atoms with E-state index >= 15 is 0 Å². The second kappa shape index (κ2) is 7.52. The molecule has 2 aromatic carbocycles. The summed E-state index contributed by atoms with van der Waals surface area (Å²) in [6.45, 7) is 2.24. The second-order valence-corrected chi connectivity index (χ2v) is 6.44. The zero-order chi connectivity index (χ0) is 19.5. The number of aromatic amines is 1.